The van der Waals surface area contributed by atoms with Crippen LogP contribution in [0.3, 0.4) is 0 Å². The second-order valence-corrected chi connectivity index (χ2v) is 5.95. The molecule has 2 aromatic heterocycles. The second-order valence-electron chi connectivity index (χ2n) is 5.14. The van der Waals surface area contributed by atoms with Gasteiger partial charge in [-0.25, -0.2) is 9.97 Å². The average Bonchev–Trinajstić information content (AvgIpc) is 3.08. The van der Waals surface area contributed by atoms with Gasteiger partial charge < -0.3 is 10.1 Å². The number of fused-ring (bicyclic) bond motifs is 1. The van der Waals surface area contributed by atoms with Gasteiger partial charge in [-0.1, -0.05) is 12.8 Å². The smallest absolute Gasteiger partial charge is 0.155 e. The number of nitrogens with zero attached hydrogens (tertiary/aromatic N) is 3. The minimum Gasteiger partial charge on any atom is -0.377 e. The Bertz CT molecular complexity index is 565. The van der Waals surface area contributed by atoms with E-state index in [1.165, 1.54) is 25.7 Å². The Morgan fingerprint density at radius 2 is 2.15 bits per heavy atom. The van der Waals surface area contributed by atoms with Gasteiger partial charge in [0.25, 0.3) is 0 Å². The number of imidazole rings is 1. The maximum Gasteiger partial charge on any atom is 0.155 e. The van der Waals surface area contributed by atoms with Gasteiger partial charge in [0, 0.05) is 19.3 Å². The normalized spacial score (nSPS) is 16.2. The van der Waals surface area contributed by atoms with E-state index in [9.17, 15) is 0 Å². The molecule has 0 unspecified atom stereocenters. The Kier molecular flexibility index (Phi) is 4.65. The van der Waals surface area contributed by atoms with Gasteiger partial charge in [-0.2, -0.15) is 0 Å². The van der Waals surface area contributed by atoms with Gasteiger partial charge in [0.2, 0.25) is 0 Å². The third kappa shape index (κ3) is 3.37. The molecule has 1 saturated carbocycles. The fourth-order valence-corrected chi connectivity index (χ4v) is 2.92. The van der Waals surface area contributed by atoms with Crippen LogP contribution in [-0.2, 0) is 11.3 Å². The third-order valence-corrected chi connectivity index (χ3v) is 4.09. The maximum absolute atomic E-state index is 5.83. The molecular weight excluding hydrogens is 320 g/mol. The Labute approximate surface area is 126 Å². The van der Waals surface area contributed by atoms with E-state index in [-0.39, 0.29) is 0 Å². The fraction of sp³-hybridized carbons (Fsp3) is 0.571. The van der Waals surface area contributed by atoms with Crippen molar-refractivity contribution < 1.29 is 4.74 Å². The van der Waals surface area contributed by atoms with E-state index in [1.54, 1.807) is 6.20 Å². The summed E-state index contributed by atoms with van der Waals surface area (Å²) in [6, 6.07) is 0. The van der Waals surface area contributed by atoms with Gasteiger partial charge in [-0.3, -0.25) is 4.40 Å². The molecule has 2 heterocycles. The summed E-state index contributed by atoms with van der Waals surface area (Å²) in [5.41, 5.74) is 2.00. The summed E-state index contributed by atoms with van der Waals surface area (Å²) >= 11 is 3.38. The van der Waals surface area contributed by atoms with Crippen LogP contribution in [-0.4, -0.2) is 33.6 Å². The summed E-state index contributed by atoms with van der Waals surface area (Å²) in [6.07, 6.45) is 11.2. The second kappa shape index (κ2) is 6.65. The molecule has 1 N–H and O–H groups in total. The molecule has 2 aromatic rings. The van der Waals surface area contributed by atoms with Crippen LogP contribution in [0.15, 0.2) is 23.2 Å². The number of halogens is 1. The molecule has 5 nitrogen and oxygen atoms in total. The number of hydrogen-bond donors (Lipinski definition) is 1. The van der Waals surface area contributed by atoms with E-state index in [2.05, 4.69) is 31.2 Å². The first-order valence-corrected chi connectivity index (χ1v) is 7.92. The predicted molar refractivity (Wildman–Crippen MR) is 80.6 cm³/mol. The molecule has 1 aliphatic rings. The number of nitrogens with one attached hydrogen (secondary N) is 1. The minimum absolute atomic E-state index is 0.495. The SMILES string of the molecule is Brc1cn2c(CNCCOC3CCCC3)cnc2cn1. The fourth-order valence-electron chi connectivity index (χ4n) is 2.62. The lowest BCUT2D eigenvalue weighted by Gasteiger charge is -2.11. The molecule has 0 aliphatic heterocycles. The number of aromatic nitrogens is 3. The number of ether oxygens (including phenoxy) is 1. The Hall–Kier alpha value is -0.980. The van der Waals surface area contributed by atoms with Crippen molar-refractivity contribution in [1.29, 1.82) is 0 Å². The molecular formula is C14H19BrN4O. The molecule has 1 fully saturated rings. The zero-order valence-electron chi connectivity index (χ0n) is 11.4. The van der Waals surface area contributed by atoms with Crippen molar-refractivity contribution in [2.24, 2.45) is 0 Å². The molecule has 0 saturated heterocycles. The van der Waals surface area contributed by atoms with Gasteiger partial charge >= 0.3 is 0 Å². The van der Waals surface area contributed by atoms with E-state index < -0.39 is 0 Å². The summed E-state index contributed by atoms with van der Waals surface area (Å²) < 4.78 is 8.68. The summed E-state index contributed by atoms with van der Waals surface area (Å²) in [5, 5.41) is 3.40. The van der Waals surface area contributed by atoms with Crippen LogP contribution in [0.2, 0.25) is 0 Å². The summed E-state index contributed by atoms with van der Waals surface area (Å²) in [7, 11) is 0. The molecule has 1 aliphatic carbocycles. The van der Waals surface area contributed by atoms with Crippen LogP contribution in [0.5, 0.6) is 0 Å². The van der Waals surface area contributed by atoms with Gasteiger partial charge in [0.05, 0.1) is 30.8 Å². The molecule has 0 aromatic carbocycles. The van der Waals surface area contributed by atoms with E-state index in [4.69, 9.17) is 4.74 Å². The molecule has 3 rings (SSSR count). The lowest BCUT2D eigenvalue weighted by Crippen LogP contribution is -2.22. The zero-order chi connectivity index (χ0) is 13.8. The molecule has 0 radical (unpaired) electrons. The topological polar surface area (TPSA) is 51.5 Å². The van der Waals surface area contributed by atoms with Crippen LogP contribution < -0.4 is 5.32 Å². The lowest BCUT2D eigenvalue weighted by atomic mass is 10.3. The standard InChI is InChI=1S/C14H19BrN4O/c15-13-10-19-11(8-18-14(19)9-17-13)7-16-5-6-20-12-3-1-2-4-12/h8-10,12,16H,1-7H2. The molecule has 0 bridgehead atoms. The van der Waals surface area contributed by atoms with Crippen LogP contribution in [0.25, 0.3) is 5.65 Å². The predicted octanol–water partition coefficient (Wildman–Crippen LogP) is 2.54. The van der Waals surface area contributed by atoms with Crippen molar-refractivity contribution in [3.63, 3.8) is 0 Å². The molecule has 20 heavy (non-hydrogen) atoms. The highest BCUT2D eigenvalue weighted by Crippen LogP contribution is 2.20. The van der Waals surface area contributed by atoms with E-state index >= 15 is 0 Å². The van der Waals surface area contributed by atoms with Crippen molar-refractivity contribution in [1.82, 2.24) is 19.7 Å². The highest BCUT2D eigenvalue weighted by molar-refractivity contribution is 9.10. The highest BCUT2D eigenvalue weighted by Gasteiger charge is 2.14. The van der Waals surface area contributed by atoms with Crippen LogP contribution in [0.4, 0.5) is 0 Å². The molecule has 0 amide bonds. The minimum atomic E-state index is 0.495. The van der Waals surface area contributed by atoms with Gasteiger partial charge in [-0.05, 0) is 28.8 Å². The van der Waals surface area contributed by atoms with E-state index in [1.807, 2.05) is 16.8 Å². The number of hydrogen-bond acceptors (Lipinski definition) is 4. The monoisotopic (exact) mass is 338 g/mol. The Balaban J connectivity index is 1.46. The average molecular weight is 339 g/mol. The Morgan fingerprint density at radius 1 is 1.30 bits per heavy atom. The van der Waals surface area contributed by atoms with E-state index in [0.717, 1.165) is 35.6 Å². The molecule has 0 spiro atoms. The van der Waals surface area contributed by atoms with Crippen molar-refractivity contribution in [2.75, 3.05) is 13.2 Å². The van der Waals surface area contributed by atoms with Crippen molar-refractivity contribution >= 4 is 21.6 Å². The summed E-state index contributed by atoms with van der Waals surface area (Å²) in [4.78, 5) is 8.50. The highest BCUT2D eigenvalue weighted by atomic mass is 79.9. The zero-order valence-corrected chi connectivity index (χ0v) is 13.0. The van der Waals surface area contributed by atoms with Gasteiger partial charge in [-0.15, -0.1) is 0 Å². The van der Waals surface area contributed by atoms with E-state index in [0.29, 0.717) is 6.10 Å². The molecule has 108 valence electrons. The van der Waals surface area contributed by atoms with Crippen LogP contribution in [0.1, 0.15) is 31.4 Å². The quantitative estimate of drug-likeness (QED) is 0.822. The largest absolute Gasteiger partial charge is 0.377 e. The first-order valence-electron chi connectivity index (χ1n) is 7.13. The van der Waals surface area contributed by atoms with Crippen molar-refractivity contribution in [2.45, 2.75) is 38.3 Å². The lowest BCUT2D eigenvalue weighted by molar-refractivity contribution is 0.0602. The summed E-state index contributed by atoms with van der Waals surface area (Å²) in [6.45, 7) is 2.44. The van der Waals surface area contributed by atoms with Crippen LogP contribution >= 0.6 is 15.9 Å². The van der Waals surface area contributed by atoms with Crippen molar-refractivity contribution in [3.8, 4) is 0 Å². The maximum atomic E-state index is 5.83. The molecule has 6 heteroatoms. The van der Waals surface area contributed by atoms with Gasteiger partial charge in [0.1, 0.15) is 4.60 Å². The first kappa shape index (κ1) is 14.0. The molecule has 0 atom stereocenters. The third-order valence-electron chi connectivity index (χ3n) is 3.68. The summed E-state index contributed by atoms with van der Waals surface area (Å²) in [5.74, 6) is 0. The first-order chi connectivity index (χ1) is 9.83. The number of rotatable bonds is 6. The van der Waals surface area contributed by atoms with Gasteiger partial charge in [0.15, 0.2) is 5.65 Å². The van der Waals surface area contributed by atoms with Crippen molar-refractivity contribution in [3.05, 3.63) is 28.9 Å². The Morgan fingerprint density at radius 3 is 3.00 bits per heavy atom. The van der Waals surface area contributed by atoms with Crippen LogP contribution in [0, 0.1) is 0 Å².